The molecule has 12 heavy (non-hydrogen) atoms. The van der Waals surface area contributed by atoms with Gasteiger partial charge in [0.15, 0.2) is 0 Å². The summed E-state index contributed by atoms with van der Waals surface area (Å²) in [6.07, 6.45) is 3.07. The van der Waals surface area contributed by atoms with Crippen molar-refractivity contribution in [2.45, 2.75) is 44.8 Å². The highest BCUT2D eigenvalue weighted by Crippen LogP contribution is 2.48. The molecule has 0 amide bonds. The number of ether oxygens (including phenoxy) is 1. The molecule has 1 aliphatic heterocycles. The summed E-state index contributed by atoms with van der Waals surface area (Å²) in [6.45, 7) is 5.07. The fourth-order valence-electron chi connectivity index (χ4n) is 2.10. The van der Waals surface area contributed by atoms with Gasteiger partial charge in [-0.15, -0.1) is 0 Å². The molecular formula is C10H18O2. The van der Waals surface area contributed by atoms with E-state index in [1.54, 1.807) is 0 Å². The summed E-state index contributed by atoms with van der Waals surface area (Å²) >= 11 is 0. The van der Waals surface area contributed by atoms with Crippen LogP contribution in [0.1, 0.15) is 33.1 Å². The first-order valence-electron chi connectivity index (χ1n) is 4.95. The molecule has 1 aliphatic carbocycles. The predicted molar refractivity (Wildman–Crippen MR) is 46.9 cm³/mol. The first kappa shape index (κ1) is 8.52. The molecule has 0 radical (unpaired) electrons. The fourth-order valence-corrected chi connectivity index (χ4v) is 2.10. The summed E-state index contributed by atoms with van der Waals surface area (Å²) in [7, 11) is 0. The molecule has 2 rings (SSSR count). The van der Waals surface area contributed by atoms with E-state index in [0.29, 0.717) is 11.8 Å². The molecule has 0 aromatic heterocycles. The lowest BCUT2D eigenvalue weighted by Crippen LogP contribution is -2.40. The zero-order valence-electron chi connectivity index (χ0n) is 7.92. The monoisotopic (exact) mass is 170 g/mol. The summed E-state index contributed by atoms with van der Waals surface area (Å²) in [5.74, 6) is 0.896. The minimum absolute atomic E-state index is 0.116. The number of aliphatic hydroxyl groups excluding tert-OH is 1. The van der Waals surface area contributed by atoms with E-state index in [1.165, 1.54) is 0 Å². The van der Waals surface area contributed by atoms with Gasteiger partial charge in [0, 0.05) is 12.3 Å². The Balaban J connectivity index is 1.95. The van der Waals surface area contributed by atoms with Crippen molar-refractivity contribution >= 4 is 0 Å². The Morgan fingerprint density at radius 2 is 2.08 bits per heavy atom. The van der Waals surface area contributed by atoms with Gasteiger partial charge in [-0.2, -0.15) is 0 Å². The summed E-state index contributed by atoms with van der Waals surface area (Å²) in [6, 6.07) is 0. The first-order chi connectivity index (χ1) is 5.63. The van der Waals surface area contributed by atoms with Crippen LogP contribution in [-0.2, 0) is 4.74 Å². The molecule has 2 heteroatoms. The van der Waals surface area contributed by atoms with Crippen LogP contribution in [0.15, 0.2) is 0 Å². The van der Waals surface area contributed by atoms with E-state index in [-0.39, 0.29) is 11.7 Å². The van der Waals surface area contributed by atoms with Crippen molar-refractivity contribution in [3.63, 3.8) is 0 Å². The average molecular weight is 170 g/mol. The summed E-state index contributed by atoms with van der Waals surface area (Å²) in [5, 5.41) is 9.83. The van der Waals surface area contributed by atoms with E-state index in [1.807, 2.05) is 0 Å². The van der Waals surface area contributed by atoms with E-state index < -0.39 is 0 Å². The molecule has 0 bridgehead atoms. The first-order valence-corrected chi connectivity index (χ1v) is 4.95. The van der Waals surface area contributed by atoms with Gasteiger partial charge in [-0.3, -0.25) is 0 Å². The lowest BCUT2D eigenvalue weighted by molar-refractivity contribution is -0.109. The zero-order valence-corrected chi connectivity index (χ0v) is 7.92. The van der Waals surface area contributed by atoms with Crippen LogP contribution < -0.4 is 0 Å². The minimum Gasteiger partial charge on any atom is -0.393 e. The highest BCUT2D eigenvalue weighted by molar-refractivity contribution is 5.01. The molecule has 2 fully saturated rings. The van der Waals surface area contributed by atoms with Crippen molar-refractivity contribution < 1.29 is 9.84 Å². The molecule has 1 saturated carbocycles. The molecule has 70 valence electrons. The van der Waals surface area contributed by atoms with Crippen LogP contribution in [0, 0.1) is 11.8 Å². The highest BCUT2D eigenvalue weighted by Gasteiger charge is 2.50. The molecule has 1 heterocycles. The van der Waals surface area contributed by atoms with Gasteiger partial charge in [0.25, 0.3) is 0 Å². The molecule has 1 N–H and O–H groups in total. The molecule has 0 aromatic rings. The summed E-state index contributed by atoms with van der Waals surface area (Å²) < 4.78 is 5.76. The van der Waals surface area contributed by atoms with Crippen LogP contribution in [0.5, 0.6) is 0 Å². The molecule has 0 aromatic carbocycles. The second kappa shape index (κ2) is 2.71. The van der Waals surface area contributed by atoms with E-state index in [2.05, 4.69) is 13.8 Å². The third kappa shape index (κ3) is 1.38. The normalized spacial score (nSPS) is 39.0. The van der Waals surface area contributed by atoms with E-state index in [9.17, 15) is 5.11 Å². The van der Waals surface area contributed by atoms with Crippen LogP contribution in [0.2, 0.25) is 0 Å². The van der Waals surface area contributed by atoms with Gasteiger partial charge < -0.3 is 9.84 Å². The third-order valence-corrected chi connectivity index (χ3v) is 3.32. The van der Waals surface area contributed by atoms with Crippen LogP contribution in [0.4, 0.5) is 0 Å². The standard InChI is InChI=1S/C10H18O2/c1-7(2)8-6-12-10(3-4-10)5-9(8)11/h7-9,11H,3-6H2,1-2H3. The molecular weight excluding hydrogens is 152 g/mol. The van der Waals surface area contributed by atoms with E-state index >= 15 is 0 Å². The molecule has 2 atom stereocenters. The smallest absolute Gasteiger partial charge is 0.0709 e. The van der Waals surface area contributed by atoms with Crippen molar-refractivity contribution in [2.24, 2.45) is 11.8 Å². The number of aliphatic hydroxyl groups is 1. The van der Waals surface area contributed by atoms with Crippen molar-refractivity contribution in [1.29, 1.82) is 0 Å². The van der Waals surface area contributed by atoms with E-state index in [0.717, 1.165) is 25.9 Å². The van der Waals surface area contributed by atoms with Gasteiger partial charge in [0.05, 0.1) is 18.3 Å². The maximum Gasteiger partial charge on any atom is 0.0709 e. The summed E-state index contributed by atoms with van der Waals surface area (Å²) in [5.41, 5.74) is 0.116. The van der Waals surface area contributed by atoms with Gasteiger partial charge in [0.1, 0.15) is 0 Å². The van der Waals surface area contributed by atoms with Crippen LogP contribution in [0.3, 0.4) is 0 Å². The lowest BCUT2D eigenvalue weighted by Gasteiger charge is -2.35. The van der Waals surface area contributed by atoms with Crippen molar-refractivity contribution in [3.05, 3.63) is 0 Å². The number of rotatable bonds is 1. The average Bonchev–Trinajstić information content (AvgIpc) is 2.68. The van der Waals surface area contributed by atoms with Gasteiger partial charge >= 0.3 is 0 Å². The Labute approximate surface area is 73.9 Å². The Kier molecular flexibility index (Phi) is 1.92. The second-order valence-electron chi connectivity index (χ2n) is 4.67. The largest absolute Gasteiger partial charge is 0.393 e. The van der Waals surface area contributed by atoms with Crippen LogP contribution >= 0.6 is 0 Å². The van der Waals surface area contributed by atoms with Gasteiger partial charge in [-0.25, -0.2) is 0 Å². The third-order valence-electron chi connectivity index (χ3n) is 3.32. The number of hydrogen-bond donors (Lipinski definition) is 1. The second-order valence-corrected chi connectivity index (χ2v) is 4.67. The van der Waals surface area contributed by atoms with Gasteiger partial charge in [0.2, 0.25) is 0 Å². The fraction of sp³-hybridized carbons (Fsp3) is 1.00. The lowest BCUT2D eigenvalue weighted by atomic mass is 9.85. The molecule has 2 aliphatic rings. The maximum atomic E-state index is 9.83. The SMILES string of the molecule is CC(C)C1COC2(CC2)CC1O. The predicted octanol–water partition coefficient (Wildman–Crippen LogP) is 1.57. The van der Waals surface area contributed by atoms with Crippen molar-refractivity contribution in [1.82, 2.24) is 0 Å². The zero-order chi connectivity index (χ0) is 8.77. The Bertz CT molecular complexity index is 173. The Morgan fingerprint density at radius 1 is 1.42 bits per heavy atom. The Morgan fingerprint density at radius 3 is 2.50 bits per heavy atom. The quantitative estimate of drug-likeness (QED) is 0.647. The van der Waals surface area contributed by atoms with Gasteiger partial charge in [-0.1, -0.05) is 13.8 Å². The topological polar surface area (TPSA) is 29.5 Å². The van der Waals surface area contributed by atoms with Crippen LogP contribution in [-0.4, -0.2) is 23.4 Å². The van der Waals surface area contributed by atoms with Crippen molar-refractivity contribution in [3.8, 4) is 0 Å². The molecule has 2 unspecified atom stereocenters. The van der Waals surface area contributed by atoms with Crippen molar-refractivity contribution in [2.75, 3.05) is 6.61 Å². The molecule has 2 nitrogen and oxygen atoms in total. The Hall–Kier alpha value is -0.0800. The summed E-state index contributed by atoms with van der Waals surface area (Å²) in [4.78, 5) is 0. The van der Waals surface area contributed by atoms with Gasteiger partial charge in [-0.05, 0) is 18.8 Å². The highest BCUT2D eigenvalue weighted by atomic mass is 16.5. The minimum atomic E-state index is -0.124. The van der Waals surface area contributed by atoms with E-state index in [4.69, 9.17) is 4.74 Å². The molecule has 1 spiro atoms. The maximum absolute atomic E-state index is 9.83. The molecule has 1 saturated heterocycles. The van der Waals surface area contributed by atoms with Crippen LogP contribution in [0.25, 0.3) is 0 Å². The number of hydrogen-bond acceptors (Lipinski definition) is 2.